The van der Waals surface area contributed by atoms with E-state index in [1.807, 2.05) is 0 Å². The van der Waals surface area contributed by atoms with Crippen molar-refractivity contribution in [3.63, 3.8) is 0 Å². The molecule has 4 heteroatoms. The molecule has 110 valence electrons. The van der Waals surface area contributed by atoms with Gasteiger partial charge in [-0.3, -0.25) is 4.79 Å². The Morgan fingerprint density at radius 2 is 2.00 bits per heavy atom. The van der Waals surface area contributed by atoms with Gasteiger partial charge in [-0.05, 0) is 24.2 Å². The first-order valence-corrected chi connectivity index (χ1v) is 7.61. The molecule has 1 saturated heterocycles. The molecule has 1 aliphatic carbocycles. The van der Waals surface area contributed by atoms with E-state index in [0.717, 1.165) is 13.0 Å². The van der Waals surface area contributed by atoms with Crippen LogP contribution >= 0.6 is 0 Å². The van der Waals surface area contributed by atoms with Gasteiger partial charge in [0.05, 0.1) is 6.61 Å². The SMILES string of the molecule is CC(C)(C)C1CCCCC1NC(=O)C1CNCCO1. The molecule has 19 heavy (non-hydrogen) atoms. The highest BCUT2D eigenvalue weighted by Crippen LogP contribution is 2.38. The number of carbonyl (C=O) groups excluding carboxylic acids is 1. The van der Waals surface area contributed by atoms with Crippen molar-refractivity contribution in [3.05, 3.63) is 0 Å². The Hall–Kier alpha value is -0.610. The molecule has 2 fully saturated rings. The third-order valence-corrected chi connectivity index (χ3v) is 4.43. The molecule has 0 bridgehead atoms. The van der Waals surface area contributed by atoms with Crippen LogP contribution in [0, 0.1) is 11.3 Å². The first kappa shape index (κ1) is 14.8. The minimum absolute atomic E-state index is 0.0633. The summed E-state index contributed by atoms with van der Waals surface area (Å²) in [7, 11) is 0. The highest BCUT2D eigenvalue weighted by molar-refractivity contribution is 5.81. The third kappa shape index (κ3) is 3.93. The van der Waals surface area contributed by atoms with E-state index in [0.29, 0.717) is 25.1 Å². The van der Waals surface area contributed by atoms with Gasteiger partial charge in [-0.15, -0.1) is 0 Å². The summed E-state index contributed by atoms with van der Waals surface area (Å²) in [5.74, 6) is 0.634. The van der Waals surface area contributed by atoms with Gasteiger partial charge in [0.1, 0.15) is 6.10 Å². The Kier molecular flexibility index (Phi) is 4.85. The van der Waals surface area contributed by atoms with Crippen molar-refractivity contribution in [3.8, 4) is 0 Å². The Bertz CT molecular complexity index is 306. The van der Waals surface area contributed by atoms with Crippen LogP contribution in [0.5, 0.6) is 0 Å². The van der Waals surface area contributed by atoms with Crippen LogP contribution in [0.2, 0.25) is 0 Å². The molecule has 1 aliphatic heterocycles. The maximum Gasteiger partial charge on any atom is 0.250 e. The second kappa shape index (κ2) is 6.23. The molecule has 1 saturated carbocycles. The summed E-state index contributed by atoms with van der Waals surface area (Å²) in [5, 5.41) is 6.45. The summed E-state index contributed by atoms with van der Waals surface area (Å²) < 4.78 is 5.53. The van der Waals surface area contributed by atoms with Gasteiger partial charge in [-0.2, -0.15) is 0 Å². The maximum absolute atomic E-state index is 12.3. The molecule has 2 rings (SSSR count). The first-order chi connectivity index (χ1) is 8.98. The van der Waals surface area contributed by atoms with Crippen LogP contribution in [0.1, 0.15) is 46.5 Å². The Labute approximate surface area is 116 Å². The highest BCUT2D eigenvalue weighted by atomic mass is 16.5. The Morgan fingerprint density at radius 1 is 1.26 bits per heavy atom. The molecular weight excluding hydrogens is 240 g/mol. The van der Waals surface area contributed by atoms with Crippen molar-refractivity contribution in [1.82, 2.24) is 10.6 Å². The molecule has 0 aromatic rings. The normalized spacial score (nSPS) is 32.9. The molecule has 3 atom stereocenters. The van der Waals surface area contributed by atoms with Gasteiger partial charge in [0, 0.05) is 19.1 Å². The van der Waals surface area contributed by atoms with Gasteiger partial charge in [0.25, 0.3) is 5.91 Å². The number of carbonyl (C=O) groups is 1. The number of hydrogen-bond donors (Lipinski definition) is 2. The summed E-state index contributed by atoms with van der Waals surface area (Å²) in [6.45, 7) is 8.95. The van der Waals surface area contributed by atoms with Gasteiger partial charge < -0.3 is 15.4 Å². The number of ether oxygens (including phenoxy) is 1. The van der Waals surface area contributed by atoms with Gasteiger partial charge in [-0.25, -0.2) is 0 Å². The predicted octanol–water partition coefficient (Wildman–Crippen LogP) is 1.70. The summed E-state index contributed by atoms with van der Waals surface area (Å²) in [5.41, 5.74) is 0.254. The molecular formula is C15H28N2O2. The molecule has 0 aromatic heterocycles. The van der Waals surface area contributed by atoms with Crippen LogP contribution in [0.4, 0.5) is 0 Å². The smallest absolute Gasteiger partial charge is 0.250 e. The van der Waals surface area contributed by atoms with Crippen molar-refractivity contribution in [1.29, 1.82) is 0 Å². The van der Waals surface area contributed by atoms with Crippen molar-refractivity contribution in [2.24, 2.45) is 11.3 Å². The van der Waals surface area contributed by atoms with Gasteiger partial charge in [-0.1, -0.05) is 33.6 Å². The van der Waals surface area contributed by atoms with Gasteiger partial charge in [0.15, 0.2) is 0 Å². The van der Waals surface area contributed by atoms with Gasteiger partial charge in [0.2, 0.25) is 0 Å². The van der Waals surface area contributed by atoms with E-state index in [9.17, 15) is 4.79 Å². The minimum atomic E-state index is -0.309. The average Bonchev–Trinajstić information content (AvgIpc) is 2.39. The summed E-state index contributed by atoms with van der Waals surface area (Å²) in [6, 6.07) is 0.312. The van der Waals surface area contributed by atoms with Crippen LogP contribution in [0.15, 0.2) is 0 Å². The second-order valence-electron chi connectivity index (χ2n) is 6.94. The van der Waals surface area contributed by atoms with E-state index in [2.05, 4.69) is 31.4 Å². The monoisotopic (exact) mass is 268 g/mol. The summed E-state index contributed by atoms with van der Waals surface area (Å²) in [6.07, 6.45) is 4.53. The first-order valence-electron chi connectivity index (χ1n) is 7.61. The van der Waals surface area contributed by atoms with E-state index in [1.165, 1.54) is 19.3 Å². The Morgan fingerprint density at radius 3 is 2.63 bits per heavy atom. The molecule has 1 amide bonds. The Balaban J connectivity index is 1.93. The topological polar surface area (TPSA) is 50.4 Å². The molecule has 0 radical (unpaired) electrons. The zero-order valence-electron chi connectivity index (χ0n) is 12.5. The lowest BCUT2D eigenvalue weighted by atomic mass is 9.69. The van der Waals surface area contributed by atoms with Crippen LogP contribution in [0.3, 0.4) is 0 Å². The third-order valence-electron chi connectivity index (χ3n) is 4.43. The standard InChI is InChI=1S/C15H28N2O2/c1-15(2,3)11-6-4-5-7-12(11)17-14(18)13-10-16-8-9-19-13/h11-13,16H,4-10H2,1-3H3,(H,17,18). The molecule has 1 heterocycles. The maximum atomic E-state index is 12.3. The lowest BCUT2D eigenvalue weighted by molar-refractivity contribution is -0.136. The van der Waals surface area contributed by atoms with Crippen LogP contribution in [-0.4, -0.2) is 37.7 Å². The molecule has 2 N–H and O–H groups in total. The van der Waals surface area contributed by atoms with E-state index < -0.39 is 0 Å². The van der Waals surface area contributed by atoms with Gasteiger partial charge >= 0.3 is 0 Å². The fourth-order valence-corrected chi connectivity index (χ4v) is 3.35. The average molecular weight is 268 g/mol. The highest BCUT2D eigenvalue weighted by Gasteiger charge is 2.36. The van der Waals surface area contributed by atoms with Crippen LogP contribution in [0.25, 0.3) is 0 Å². The van der Waals surface area contributed by atoms with Crippen molar-refractivity contribution >= 4 is 5.91 Å². The lowest BCUT2D eigenvalue weighted by Crippen LogP contribution is -2.53. The lowest BCUT2D eigenvalue weighted by Gasteiger charge is -2.41. The van der Waals surface area contributed by atoms with E-state index >= 15 is 0 Å². The fourth-order valence-electron chi connectivity index (χ4n) is 3.35. The molecule has 2 aliphatic rings. The number of rotatable bonds is 2. The number of morpholine rings is 1. The minimum Gasteiger partial charge on any atom is -0.366 e. The van der Waals surface area contributed by atoms with E-state index in [1.54, 1.807) is 0 Å². The van der Waals surface area contributed by atoms with Crippen molar-refractivity contribution in [2.45, 2.75) is 58.6 Å². The molecule has 0 aromatic carbocycles. The summed E-state index contributed by atoms with van der Waals surface area (Å²) in [4.78, 5) is 12.3. The molecule has 4 nitrogen and oxygen atoms in total. The largest absolute Gasteiger partial charge is 0.366 e. The fraction of sp³-hybridized carbons (Fsp3) is 0.933. The molecule has 3 unspecified atom stereocenters. The summed E-state index contributed by atoms with van der Waals surface area (Å²) >= 11 is 0. The second-order valence-corrected chi connectivity index (χ2v) is 6.94. The number of amides is 1. The zero-order chi connectivity index (χ0) is 13.9. The number of hydrogen-bond acceptors (Lipinski definition) is 3. The van der Waals surface area contributed by atoms with Crippen LogP contribution in [-0.2, 0) is 9.53 Å². The van der Waals surface area contributed by atoms with Crippen molar-refractivity contribution in [2.75, 3.05) is 19.7 Å². The number of nitrogens with one attached hydrogen (secondary N) is 2. The van der Waals surface area contributed by atoms with Crippen molar-refractivity contribution < 1.29 is 9.53 Å². The molecule has 0 spiro atoms. The predicted molar refractivity (Wildman–Crippen MR) is 76.0 cm³/mol. The van der Waals surface area contributed by atoms with E-state index in [-0.39, 0.29) is 17.4 Å². The van der Waals surface area contributed by atoms with E-state index in [4.69, 9.17) is 4.74 Å². The van der Waals surface area contributed by atoms with Crippen LogP contribution < -0.4 is 10.6 Å². The zero-order valence-corrected chi connectivity index (χ0v) is 12.5. The quantitative estimate of drug-likeness (QED) is 0.801.